The molecule has 1 rings (SSSR count). The van der Waals surface area contributed by atoms with E-state index >= 15 is 0 Å². The first-order chi connectivity index (χ1) is 8.63. The van der Waals surface area contributed by atoms with E-state index in [-0.39, 0.29) is 6.61 Å². The van der Waals surface area contributed by atoms with Crippen molar-refractivity contribution in [1.82, 2.24) is 0 Å². The third kappa shape index (κ3) is 3.23. The predicted molar refractivity (Wildman–Crippen MR) is 65.5 cm³/mol. The molecule has 18 heavy (non-hydrogen) atoms. The van der Waals surface area contributed by atoms with E-state index in [0.717, 1.165) is 0 Å². The summed E-state index contributed by atoms with van der Waals surface area (Å²) in [7, 11) is 0. The maximum Gasteiger partial charge on any atom is 0.325 e. The molecule has 0 fully saturated rings. The van der Waals surface area contributed by atoms with Crippen LogP contribution in [0.3, 0.4) is 0 Å². The average molecular weight is 263 g/mol. The summed E-state index contributed by atoms with van der Waals surface area (Å²) in [6, 6.07) is 10.3. The first-order valence-electron chi connectivity index (χ1n) is 5.35. The number of ether oxygens (including phenoxy) is 1. The quantitative estimate of drug-likeness (QED) is 0.782. The van der Waals surface area contributed by atoms with Crippen LogP contribution < -0.4 is 0 Å². The number of hydrogen-bond acceptors (Lipinski definition) is 4. The van der Waals surface area contributed by atoms with Gasteiger partial charge in [0.15, 0.2) is 5.92 Å². The SMILES string of the molecule is CCOC(=O)C(C#N)C(C#N)c1ccc(Cl)cc1. The Balaban J connectivity index is 3.02. The number of carbonyl (C=O) groups excluding carboxylic acids is 1. The van der Waals surface area contributed by atoms with Crippen LogP contribution in [-0.4, -0.2) is 12.6 Å². The first-order valence-corrected chi connectivity index (χ1v) is 5.73. The molecule has 1 aromatic rings. The van der Waals surface area contributed by atoms with Gasteiger partial charge in [-0.1, -0.05) is 23.7 Å². The van der Waals surface area contributed by atoms with Crippen molar-refractivity contribution in [3.8, 4) is 12.1 Å². The van der Waals surface area contributed by atoms with Crippen LogP contribution in [0.5, 0.6) is 0 Å². The molecule has 0 aliphatic heterocycles. The number of esters is 1. The Kier molecular flexibility index (Phi) is 5.17. The topological polar surface area (TPSA) is 73.9 Å². The second-order valence-electron chi connectivity index (χ2n) is 3.52. The van der Waals surface area contributed by atoms with Gasteiger partial charge in [-0.2, -0.15) is 10.5 Å². The lowest BCUT2D eigenvalue weighted by Crippen LogP contribution is -2.22. The summed E-state index contributed by atoms with van der Waals surface area (Å²) in [6.07, 6.45) is 0. The van der Waals surface area contributed by atoms with Gasteiger partial charge in [0.05, 0.1) is 24.7 Å². The van der Waals surface area contributed by atoms with Gasteiger partial charge >= 0.3 is 5.97 Å². The zero-order valence-corrected chi connectivity index (χ0v) is 10.5. The van der Waals surface area contributed by atoms with Crippen LogP contribution in [0.4, 0.5) is 0 Å². The fourth-order valence-corrected chi connectivity index (χ4v) is 1.63. The summed E-state index contributed by atoms with van der Waals surface area (Å²) >= 11 is 5.75. The van der Waals surface area contributed by atoms with Crippen molar-refractivity contribution < 1.29 is 9.53 Å². The standard InChI is InChI=1S/C13H11ClN2O2/c1-2-18-13(17)12(8-16)11(7-15)9-3-5-10(14)6-4-9/h3-6,11-12H,2H2,1H3. The molecule has 0 spiro atoms. The van der Waals surface area contributed by atoms with Crippen LogP contribution in [0.25, 0.3) is 0 Å². The maximum atomic E-state index is 11.6. The molecule has 0 amide bonds. The van der Waals surface area contributed by atoms with Crippen molar-refractivity contribution in [2.45, 2.75) is 12.8 Å². The third-order valence-electron chi connectivity index (χ3n) is 2.38. The molecule has 0 saturated carbocycles. The lowest BCUT2D eigenvalue weighted by Gasteiger charge is -2.14. The zero-order valence-electron chi connectivity index (χ0n) is 9.76. The van der Waals surface area contributed by atoms with Gasteiger partial charge in [0.1, 0.15) is 0 Å². The molecule has 0 radical (unpaired) electrons. The van der Waals surface area contributed by atoms with E-state index in [0.29, 0.717) is 10.6 Å². The van der Waals surface area contributed by atoms with Crippen LogP contribution in [-0.2, 0) is 9.53 Å². The highest BCUT2D eigenvalue weighted by Crippen LogP contribution is 2.26. The predicted octanol–water partition coefficient (Wildman–Crippen LogP) is 2.65. The van der Waals surface area contributed by atoms with Crippen LogP contribution in [0.15, 0.2) is 24.3 Å². The van der Waals surface area contributed by atoms with E-state index in [1.165, 1.54) is 0 Å². The lowest BCUT2D eigenvalue weighted by atomic mass is 9.88. The maximum absolute atomic E-state index is 11.6. The molecule has 0 heterocycles. The highest BCUT2D eigenvalue weighted by molar-refractivity contribution is 6.30. The van der Waals surface area contributed by atoms with Crippen molar-refractivity contribution >= 4 is 17.6 Å². The molecule has 2 atom stereocenters. The highest BCUT2D eigenvalue weighted by Gasteiger charge is 2.31. The van der Waals surface area contributed by atoms with Crippen molar-refractivity contribution in [2.24, 2.45) is 5.92 Å². The number of carbonyl (C=O) groups is 1. The Morgan fingerprint density at radius 3 is 2.39 bits per heavy atom. The normalized spacial score (nSPS) is 12.9. The molecule has 0 aliphatic carbocycles. The number of hydrogen-bond donors (Lipinski definition) is 0. The van der Waals surface area contributed by atoms with Gasteiger partial charge in [-0.25, -0.2) is 0 Å². The van der Waals surface area contributed by atoms with Gasteiger partial charge in [0, 0.05) is 5.02 Å². The van der Waals surface area contributed by atoms with E-state index < -0.39 is 17.8 Å². The second kappa shape index (κ2) is 6.64. The van der Waals surface area contributed by atoms with E-state index in [1.54, 1.807) is 31.2 Å². The minimum absolute atomic E-state index is 0.176. The number of rotatable bonds is 4. The first kappa shape index (κ1) is 14.0. The van der Waals surface area contributed by atoms with Crippen LogP contribution in [0.2, 0.25) is 5.02 Å². The molecule has 0 aliphatic rings. The van der Waals surface area contributed by atoms with Crippen molar-refractivity contribution in [1.29, 1.82) is 10.5 Å². The van der Waals surface area contributed by atoms with Gasteiger partial charge in [0.25, 0.3) is 0 Å². The molecule has 92 valence electrons. The van der Waals surface area contributed by atoms with Crippen molar-refractivity contribution in [3.05, 3.63) is 34.9 Å². The summed E-state index contributed by atoms with van der Waals surface area (Å²) in [5, 5.41) is 18.7. The zero-order chi connectivity index (χ0) is 13.5. The third-order valence-corrected chi connectivity index (χ3v) is 2.63. The molecule has 0 bridgehead atoms. The smallest absolute Gasteiger partial charge is 0.325 e. The fraction of sp³-hybridized carbons (Fsp3) is 0.308. The Morgan fingerprint density at radius 1 is 1.33 bits per heavy atom. The number of benzene rings is 1. The minimum Gasteiger partial charge on any atom is -0.465 e. The summed E-state index contributed by atoms with van der Waals surface area (Å²) in [5.74, 6) is -2.66. The second-order valence-corrected chi connectivity index (χ2v) is 3.95. The number of halogens is 1. The summed E-state index contributed by atoms with van der Waals surface area (Å²) in [6.45, 7) is 1.83. The van der Waals surface area contributed by atoms with Gasteiger partial charge in [-0.15, -0.1) is 0 Å². The highest BCUT2D eigenvalue weighted by atomic mass is 35.5. The van der Waals surface area contributed by atoms with Crippen LogP contribution >= 0.6 is 11.6 Å². The Bertz CT molecular complexity index is 499. The molecule has 0 saturated heterocycles. The van der Waals surface area contributed by atoms with Crippen LogP contribution in [0.1, 0.15) is 18.4 Å². The number of nitriles is 2. The summed E-state index contributed by atoms with van der Waals surface area (Å²) < 4.78 is 4.78. The Hall–Kier alpha value is -2.04. The summed E-state index contributed by atoms with van der Waals surface area (Å²) in [5.41, 5.74) is 0.571. The average Bonchev–Trinajstić information content (AvgIpc) is 2.37. The molecule has 0 N–H and O–H groups in total. The van der Waals surface area contributed by atoms with Gasteiger partial charge in [-0.3, -0.25) is 4.79 Å². The Morgan fingerprint density at radius 2 is 1.94 bits per heavy atom. The van der Waals surface area contributed by atoms with E-state index in [1.807, 2.05) is 12.1 Å². The minimum atomic E-state index is -1.13. The number of nitrogens with zero attached hydrogens (tertiary/aromatic N) is 2. The van der Waals surface area contributed by atoms with Gasteiger partial charge in [-0.05, 0) is 24.6 Å². The molecule has 5 heteroatoms. The summed E-state index contributed by atoms with van der Waals surface area (Å²) in [4.78, 5) is 11.6. The van der Waals surface area contributed by atoms with Crippen molar-refractivity contribution in [3.63, 3.8) is 0 Å². The molecule has 0 aromatic heterocycles. The monoisotopic (exact) mass is 262 g/mol. The fourth-order valence-electron chi connectivity index (χ4n) is 1.51. The lowest BCUT2D eigenvalue weighted by molar-refractivity contribution is -0.146. The Labute approximate surface area is 110 Å². The van der Waals surface area contributed by atoms with Crippen molar-refractivity contribution in [2.75, 3.05) is 6.61 Å². The van der Waals surface area contributed by atoms with Crippen LogP contribution in [0, 0.1) is 28.6 Å². The van der Waals surface area contributed by atoms with Gasteiger partial charge < -0.3 is 4.74 Å². The molecule has 4 nitrogen and oxygen atoms in total. The molecule has 1 aromatic carbocycles. The molecular weight excluding hydrogens is 252 g/mol. The van der Waals surface area contributed by atoms with E-state index in [2.05, 4.69) is 0 Å². The van der Waals surface area contributed by atoms with E-state index in [9.17, 15) is 4.79 Å². The molecular formula is C13H11ClN2O2. The van der Waals surface area contributed by atoms with E-state index in [4.69, 9.17) is 26.9 Å². The van der Waals surface area contributed by atoms with Gasteiger partial charge in [0.2, 0.25) is 0 Å². The largest absolute Gasteiger partial charge is 0.465 e. The molecule has 2 unspecified atom stereocenters.